The van der Waals surface area contributed by atoms with Gasteiger partial charge in [-0.25, -0.2) is 4.79 Å². The van der Waals surface area contributed by atoms with Crippen molar-refractivity contribution in [1.82, 2.24) is 4.98 Å². The summed E-state index contributed by atoms with van der Waals surface area (Å²) in [5, 5.41) is 9.46. The number of carbonyl (C=O) groups is 2. The van der Waals surface area contributed by atoms with Crippen LogP contribution in [0.4, 0.5) is 0 Å². The minimum atomic E-state index is -1.12. The lowest BCUT2D eigenvalue weighted by Gasteiger charge is -2.07. The summed E-state index contributed by atoms with van der Waals surface area (Å²) in [6, 6.07) is 9.05. The largest absolute Gasteiger partial charge is 0.475 e. The van der Waals surface area contributed by atoms with Gasteiger partial charge in [0, 0.05) is 35.5 Å². The summed E-state index contributed by atoms with van der Waals surface area (Å²) in [4.78, 5) is 27.4. The molecule has 5 heteroatoms. The molecule has 0 aliphatic heterocycles. The molecule has 0 saturated carbocycles. The number of aromatic carboxylic acids is 1. The highest BCUT2D eigenvalue weighted by molar-refractivity contribution is 6.03. The van der Waals surface area contributed by atoms with Gasteiger partial charge in [-0.05, 0) is 35.2 Å². The first-order chi connectivity index (χ1) is 11.6. The van der Waals surface area contributed by atoms with Crippen LogP contribution in [0.15, 0.2) is 53.4 Å². The molecule has 0 fully saturated rings. The van der Waals surface area contributed by atoms with Crippen LogP contribution >= 0.6 is 0 Å². The van der Waals surface area contributed by atoms with Crippen molar-refractivity contribution in [3.8, 4) is 22.3 Å². The summed E-state index contributed by atoms with van der Waals surface area (Å²) in [5.41, 5.74) is 4.46. The van der Waals surface area contributed by atoms with Crippen molar-refractivity contribution in [2.45, 2.75) is 12.8 Å². The average molecular weight is 319 g/mol. The Kier molecular flexibility index (Phi) is 3.27. The summed E-state index contributed by atoms with van der Waals surface area (Å²) >= 11 is 0. The van der Waals surface area contributed by atoms with E-state index in [2.05, 4.69) is 4.98 Å². The van der Waals surface area contributed by atoms with Crippen LogP contribution in [-0.2, 0) is 6.42 Å². The number of aryl methyl sites for hydroxylation is 1. The van der Waals surface area contributed by atoms with E-state index in [1.165, 1.54) is 6.26 Å². The maximum absolute atomic E-state index is 11.8. The van der Waals surface area contributed by atoms with Gasteiger partial charge in [-0.3, -0.25) is 9.78 Å². The van der Waals surface area contributed by atoms with E-state index in [1.54, 1.807) is 36.7 Å². The Labute approximate surface area is 137 Å². The lowest BCUT2D eigenvalue weighted by atomic mass is 9.95. The van der Waals surface area contributed by atoms with Crippen molar-refractivity contribution in [3.05, 3.63) is 65.9 Å². The van der Waals surface area contributed by atoms with Gasteiger partial charge in [-0.15, -0.1) is 0 Å². The van der Waals surface area contributed by atoms with Crippen LogP contribution in [0.1, 0.15) is 32.9 Å². The first kappa shape index (κ1) is 14.4. The normalized spacial score (nSPS) is 13.1. The van der Waals surface area contributed by atoms with Crippen LogP contribution in [-0.4, -0.2) is 21.8 Å². The number of carboxylic acids is 1. The van der Waals surface area contributed by atoms with Gasteiger partial charge in [-0.1, -0.05) is 18.2 Å². The Morgan fingerprint density at radius 2 is 1.83 bits per heavy atom. The SMILES string of the molecule is O=C1CCc2cc(-c3c(-c4ccncc4)coc3C(=O)O)ccc21. The molecule has 118 valence electrons. The quantitative estimate of drug-likeness (QED) is 0.793. The van der Waals surface area contributed by atoms with E-state index >= 15 is 0 Å². The molecule has 0 amide bonds. The summed E-state index contributed by atoms with van der Waals surface area (Å²) < 4.78 is 5.32. The molecule has 2 aromatic heterocycles. The topological polar surface area (TPSA) is 80.4 Å². The monoisotopic (exact) mass is 319 g/mol. The van der Waals surface area contributed by atoms with E-state index < -0.39 is 5.97 Å². The lowest BCUT2D eigenvalue weighted by molar-refractivity contribution is 0.0663. The number of benzene rings is 1. The second-order valence-electron chi connectivity index (χ2n) is 5.69. The number of hydrogen-bond donors (Lipinski definition) is 1. The van der Waals surface area contributed by atoms with Crippen molar-refractivity contribution in [2.75, 3.05) is 0 Å². The molecule has 0 radical (unpaired) electrons. The molecular formula is C19H13NO4. The molecule has 5 nitrogen and oxygen atoms in total. The highest BCUT2D eigenvalue weighted by atomic mass is 16.4. The van der Waals surface area contributed by atoms with E-state index in [-0.39, 0.29) is 11.5 Å². The number of pyridine rings is 1. The van der Waals surface area contributed by atoms with E-state index in [1.807, 2.05) is 6.07 Å². The maximum Gasteiger partial charge on any atom is 0.372 e. The number of furan rings is 1. The number of carboxylic acid groups (broad SMARTS) is 1. The fourth-order valence-corrected chi connectivity index (χ4v) is 3.16. The first-order valence-corrected chi connectivity index (χ1v) is 7.57. The predicted octanol–water partition coefficient (Wildman–Crippen LogP) is 3.84. The number of Topliss-reactive ketones (excluding diaryl/α,β-unsaturated/α-hetero) is 1. The van der Waals surface area contributed by atoms with Gasteiger partial charge in [0.15, 0.2) is 5.78 Å². The Morgan fingerprint density at radius 3 is 2.58 bits per heavy atom. The van der Waals surface area contributed by atoms with Gasteiger partial charge >= 0.3 is 5.97 Å². The summed E-state index contributed by atoms with van der Waals surface area (Å²) in [5.74, 6) is -1.09. The van der Waals surface area contributed by atoms with Crippen LogP contribution in [0.3, 0.4) is 0 Å². The van der Waals surface area contributed by atoms with Crippen molar-refractivity contribution in [3.63, 3.8) is 0 Å². The number of aromatic nitrogens is 1. The number of carbonyl (C=O) groups excluding carboxylic acids is 1. The van der Waals surface area contributed by atoms with Crippen LogP contribution in [0.2, 0.25) is 0 Å². The van der Waals surface area contributed by atoms with Crippen molar-refractivity contribution < 1.29 is 19.1 Å². The fraction of sp³-hybridized carbons (Fsp3) is 0.105. The maximum atomic E-state index is 11.8. The molecule has 3 aromatic rings. The zero-order valence-electron chi connectivity index (χ0n) is 12.7. The molecule has 0 unspecified atom stereocenters. The summed E-state index contributed by atoms with van der Waals surface area (Å²) in [6.45, 7) is 0. The summed E-state index contributed by atoms with van der Waals surface area (Å²) in [7, 11) is 0. The Morgan fingerprint density at radius 1 is 1.04 bits per heavy atom. The van der Waals surface area contributed by atoms with Crippen LogP contribution in [0.5, 0.6) is 0 Å². The molecule has 0 spiro atoms. The average Bonchev–Trinajstić information content (AvgIpc) is 3.20. The highest BCUT2D eigenvalue weighted by Gasteiger charge is 2.25. The van der Waals surface area contributed by atoms with E-state index in [0.29, 0.717) is 24.0 Å². The van der Waals surface area contributed by atoms with Gasteiger partial charge in [0.1, 0.15) is 6.26 Å². The van der Waals surface area contributed by atoms with Crippen LogP contribution < -0.4 is 0 Å². The van der Waals surface area contributed by atoms with E-state index in [4.69, 9.17) is 4.42 Å². The minimum absolute atomic E-state index is 0.105. The third-order valence-electron chi connectivity index (χ3n) is 4.29. The van der Waals surface area contributed by atoms with Crippen LogP contribution in [0, 0.1) is 0 Å². The van der Waals surface area contributed by atoms with Crippen LogP contribution in [0.25, 0.3) is 22.3 Å². The number of rotatable bonds is 3. The Balaban J connectivity index is 1.93. The molecule has 1 aromatic carbocycles. The molecule has 4 rings (SSSR count). The van der Waals surface area contributed by atoms with Gasteiger partial charge < -0.3 is 9.52 Å². The molecule has 0 bridgehead atoms. The second kappa shape index (κ2) is 5.45. The molecule has 1 aliphatic rings. The van der Waals surface area contributed by atoms with Crippen molar-refractivity contribution >= 4 is 11.8 Å². The molecule has 0 atom stereocenters. The van der Waals surface area contributed by atoms with E-state index in [9.17, 15) is 14.7 Å². The number of ketones is 1. The molecule has 0 saturated heterocycles. The molecule has 1 N–H and O–H groups in total. The fourth-order valence-electron chi connectivity index (χ4n) is 3.16. The number of fused-ring (bicyclic) bond motifs is 1. The minimum Gasteiger partial charge on any atom is -0.475 e. The zero-order valence-corrected chi connectivity index (χ0v) is 12.7. The number of hydrogen-bond acceptors (Lipinski definition) is 4. The van der Waals surface area contributed by atoms with Gasteiger partial charge in [-0.2, -0.15) is 0 Å². The van der Waals surface area contributed by atoms with Gasteiger partial charge in [0.2, 0.25) is 5.76 Å². The molecular weight excluding hydrogens is 306 g/mol. The first-order valence-electron chi connectivity index (χ1n) is 7.57. The van der Waals surface area contributed by atoms with Gasteiger partial charge in [0.05, 0.1) is 0 Å². The van der Waals surface area contributed by atoms with Crippen molar-refractivity contribution in [1.29, 1.82) is 0 Å². The third-order valence-corrected chi connectivity index (χ3v) is 4.29. The Hall–Kier alpha value is -3.21. The van der Waals surface area contributed by atoms with Gasteiger partial charge in [0.25, 0.3) is 0 Å². The molecule has 2 heterocycles. The second-order valence-corrected chi connectivity index (χ2v) is 5.69. The number of nitrogens with zero attached hydrogens (tertiary/aromatic N) is 1. The molecule has 1 aliphatic carbocycles. The molecule has 24 heavy (non-hydrogen) atoms. The zero-order chi connectivity index (χ0) is 16.7. The summed E-state index contributed by atoms with van der Waals surface area (Å²) in [6.07, 6.45) is 5.94. The van der Waals surface area contributed by atoms with E-state index in [0.717, 1.165) is 22.3 Å². The predicted molar refractivity (Wildman–Crippen MR) is 87.0 cm³/mol. The lowest BCUT2D eigenvalue weighted by Crippen LogP contribution is -1.98. The standard InChI is InChI=1S/C19H13NO4/c21-16-4-2-12-9-13(1-3-14(12)16)17-15(10-24-18(17)19(22)23)11-5-7-20-8-6-11/h1,3,5-10H,2,4H2,(H,22,23). The third kappa shape index (κ3) is 2.22. The highest BCUT2D eigenvalue weighted by Crippen LogP contribution is 2.38. The smallest absolute Gasteiger partial charge is 0.372 e. The van der Waals surface area contributed by atoms with Crippen molar-refractivity contribution in [2.24, 2.45) is 0 Å². The Bertz CT molecular complexity index is 957.